The number of hydrogen-bond acceptors (Lipinski definition) is 5. The number of ketones is 1. The molecule has 1 heterocycles. The molecule has 0 aliphatic carbocycles. The number of rotatable bonds is 2. The summed E-state index contributed by atoms with van der Waals surface area (Å²) in [6.45, 7) is 0. The predicted molar refractivity (Wildman–Crippen MR) is 77.3 cm³/mol. The number of hydrogen-bond donors (Lipinski definition) is 3. The largest absolute Gasteiger partial charge is 0.508 e. The lowest BCUT2D eigenvalue weighted by Gasteiger charge is -2.01. The molecule has 0 aromatic heterocycles. The van der Waals surface area contributed by atoms with Crippen molar-refractivity contribution in [1.82, 2.24) is 0 Å². The first-order chi connectivity index (χ1) is 10.0. The molecule has 0 saturated heterocycles. The molecule has 0 amide bonds. The van der Waals surface area contributed by atoms with E-state index in [1.165, 1.54) is 18.2 Å². The molecular formula is C15H11BO5. The van der Waals surface area contributed by atoms with Gasteiger partial charge < -0.3 is 19.9 Å². The van der Waals surface area contributed by atoms with Crippen LogP contribution in [0.15, 0.2) is 48.2 Å². The molecule has 0 atom stereocenters. The number of carbonyl (C=O) groups excluding carboxylic acids is 1. The number of allylic oxidation sites excluding steroid dienone is 1. The number of phenols is 1. The topological polar surface area (TPSA) is 87.0 Å². The van der Waals surface area contributed by atoms with E-state index in [1.807, 2.05) is 0 Å². The van der Waals surface area contributed by atoms with Crippen molar-refractivity contribution in [3.63, 3.8) is 0 Å². The number of benzene rings is 2. The Kier molecular flexibility index (Phi) is 3.25. The van der Waals surface area contributed by atoms with E-state index >= 15 is 0 Å². The number of aromatic hydroxyl groups is 1. The van der Waals surface area contributed by atoms with E-state index < -0.39 is 7.12 Å². The average Bonchev–Trinajstić information content (AvgIpc) is 2.75. The van der Waals surface area contributed by atoms with Gasteiger partial charge in [0, 0.05) is 6.07 Å². The molecule has 0 fully saturated rings. The van der Waals surface area contributed by atoms with E-state index in [9.17, 15) is 9.90 Å². The summed E-state index contributed by atoms with van der Waals surface area (Å²) in [5.74, 6) is 0.266. The second-order valence-corrected chi connectivity index (χ2v) is 4.66. The first kappa shape index (κ1) is 13.4. The molecule has 104 valence electrons. The van der Waals surface area contributed by atoms with Gasteiger partial charge in [0.25, 0.3) is 0 Å². The number of phenolic OH excluding ortho intramolecular Hbond substituents is 1. The molecular weight excluding hydrogens is 271 g/mol. The third kappa shape index (κ3) is 2.54. The first-order valence-electron chi connectivity index (χ1n) is 6.28. The van der Waals surface area contributed by atoms with Crippen LogP contribution in [0.3, 0.4) is 0 Å². The molecule has 1 aliphatic heterocycles. The summed E-state index contributed by atoms with van der Waals surface area (Å²) in [4.78, 5) is 12.1. The zero-order valence-electron chi connectivity index (χ0n) is 10.9. The van der Waals surface area contributed by atoms with Crippen LogP contribution in [-0.2, 0) is 0 Å². The Labute approximate surface area is 120 Å². The molecule has 3 N–H and O–H groups in total. The highest BCUT2D eigenvalue weighted by Gasteiger charge is 2.27. The van der Waals surface area contributed by atoms with Gasteiger partial charge in [-0.05, 0) is 29.2 Å². The zero-order valence-corrected chi connectivity index (χ0v) is 10.9. The van der Waals surface area contributed by atoms with Crippen molar-refractivity contribution in [2.45, 2.75) is 0 Å². The Bertz CT molecular complexity index is 734. The summed E-state index contributed by atoms with van der Waals surface area (Å²) >= 11 is 0. The standard InChI is InChI=1S/C15H11BO5/c17-11-5-6-12-13(8-11)21-14(15(12)18)7-9-1-3-10(4-2-9)16(19)20/h1-8,17,19-20H/b14-7-. The van der Waals surface area contributed by atoms with Gasteiger partial charge in [0.2, 0.25) is 5.78 Å². The average molecular weight is 282 g/mol. The summed E-state index contributed by atoms with van der Waals surface area (Å²) in [7, 11) is -1.52. The predicted octanol–water partition coefficient (Wildman–Crippen LogP) is 0.688. The Morgan fingerprint density at radius 3 is 2.43 bits per heavy atom. The van der Waals surface area contributed by atoms with E-state index in [0.717, 1.165) is 0 Å². The van der Waals surface area contributed by atoms with E-state index in [-0.39, 0.29) is 17.3 Å². The van der Waals surface area contributed by atoms with Gasteiger partial charge in [0.1, 0.15) is 11.5 Å². The molecule has 21 heavy (non-hydrogen) atoms. The number of fused-ring (bicyclic) bond motifs is 1. The van der Waals surface area contributed by atoms with Gasteiger partial charge in [-0.3, -0.25) is 4.79 Å². The highest BCUT2D eigenvalue weighted by atomic mass is 16.5. The van der Waals surface area contributed by atoms with E-state index in [1.54, 1.807) is 30.3 Å². The Balaban J connectivity index is 1.90. The summed E-state index contributed by atoms with van der Waals surface area (Å²) in [6, 6.07) is 10.7. The molecule has 0 unspecified atom stereocenters. The third-order valence-corrected chi connectivity index (χ3v) is 3.19. The van der Waals surface area contributed by atoms with Gasteiger partial charge in [0.15, 0.2) is 5.76 Å². The van der Waals surface area contributed by atoms with Gasteiger partial charge in [-0.25, -0.2) is 0 Å². The van der Waals surface area contributed by atoms with E-state index in [2.05, 4.69) is 0 Å². The number of carbonyl (C=O) groups is 1. The Morgan fingerprint density at radius 2 is 1.76 bits per heavy atom. The fraction of sp³-hybridized carbons (Fsp3) is 0. The molecule has 0 radical (unpaired) electrons. The lowest BCUT2D eigenvalue weighted by molar-refractivity contribution is 0.101. The summed E-state index contributed by atoms with van der Waals surface area (Å²) in [6.07, 6.45) is 1.56. The lowest BCUT2D eigenvalue weighted by Crippen LogP contribution is -2.29. The molecule has 2 aromatic rings. The molecule has 6 heteroatoms. The van der Waals surface area contributed by atoms with Crippen LogP contribution in [0.2, 0.25) is 0 Å². The van der Waals surface area contributed by atoms with Crippen molar-refractivity contribution < 1.29 is 24.7 Å². The minimum absolute atomic E-state index is 0.0316. The molecule has 0 saturated carbocycles. The highest BCUT2D eigenvalue weighted by Crippen LogP contribution is 2.34. The number of Topliss-reactive ketones (excluding diaryl/α,β-unsaturated/α-hetero) is 1. The zero-order chi connectivity index (χ0) is 15.0. The van der Waals surface area contributed by atoms with Crippen LogP contribution in [-0.4, -0.2) is 28.1 Å². The molecule has 5 nitrogen and oxygen atoms in total. The molecule has 1 aliphatic rings. The minimum Gasteiger partial charge on any atom is -0.508 e. The van der Waals surface area contributed by atoms with Crippen LogP contribution in [0.4, 0.5) is 0 Å². The van der Waals surface area contributed by atoms with Crippen molar-refractivity contribution in [3.8, 4) is 11.5 Å². The maximum Gasteiger partial charge on any atom is 0.488 e. The normalized spacial score (nSPS) is 15.0. The Hall–Kier alpha value is -2.57. The van der Waals surface area contributed by atoms with Crippen molar-refractivity contribution in [3.05, 3.63) is 59.4 Å². The summed E-state index contributed by atoms with van der Waals surface area (Å²) < 4.78 is 5.43. The van der Waals surface area contributed by atoms with Crippen LogP contribution in [0, 0.1) is 0 Å². The van der Waals surface area contributed by atoms with Gasteiger partial charge in [-0.1, -0.05) is 24.3 Å². The van der Waals surface area contributed by atoms with Gasteiger partial charge in [-0.2, -0.15) is 0 Å². The van der Waals surface area contributed by atoms with Crippen molar-refractivity contribution in [1.29, 1.82) is 0 Å². The van der Waals surface area contributed by atoms with E-state index in [0.29, 0.717) is 22.3 Å². The van der Waals surface area contributed by atoms with Crippen molar-refractivity contribution >= 4 is 24.4 Å². The highest BCUT2D eigenvalue weighted by molar-refractivity contribution is 6.58. The maximum atomic E-state index is 12.1. The van der Waals surface area contributed by atoms with Gasteiger partial charge in [-0.15, -0.1) is 0 Å². The van der Waals surface area contributed by atoms with Crippen LogP contribution in [0.5, 0.6) is 11.5 Å². The summed E-state index contributed by atoms with van der Waals surface area (Å²) in [5.41, 5.74) is 1.46. The van der Waals surface area contributed by atoms with Crippen molar-refractivity contribution in [2.24, 2.45) is 0 Å². The molecule has 3 rings (SSSR count). The SMILES string of the molecule is O=C1/C(=C/c2ccc(B(O)O)cc2)Oc2cc(O)ccc21. The second kappa shape index (κ2) is 5.08. The summed E-state index contributed by atoms with van der Waals surface area (Å²) in [5, 5.41) is 27.4. The molecule has 0 spiro atoms. The Morgan fingerprint density at radius 1 is 1.05 bits per heavy atom. The molecule has 2 aromatic carbocycles. The van der Waals surface area contributed by atoms with Crippen molar-refractivity contribution in [2.75, 3.05) is 0 Å². The number of ether oxygens (including phenoxy) is 1. The smallest absolute Gasteiger partial charge is 0.488 e. The fourth-order valence-corrected chi connectivity index (χ4v) is 2.09. The molecule has 0 bridgehead atoms. The van der Waals surface area contributed by atoms with Crippen LogP contribution in [0.25, 0.3) is 6.08 Å². The maximum absolute atomic E-state index is 12.1. The fourth-order valence-electron chi connectivity index (χ4n) is 2.09. The van der Waals surface area contributed by atoms with E-state index in [4.69, 9.17) is 14.8 Å². The van der Waals surface area contributed by atoms with Crippen LogP contribution >= 0.6 is 0 Å². The van der Waals surface area contributed by atoms with Crippen LogP contribution in [0.1, 0.15) is 15.9 Å². The van der Waals surface area contributed by atoms with Crippen LogP contribution < -0.4 is 10.2 Å². The first-order valence-corrected chi connectivity index (χ1v) is 6.28. The second-order valence-electron chi connectivity index (χ2n) is 4.66. The third-order valence-electron chi connectivity index (χ3n) is 3.19. The van der Waals surface area contributed by atoms with Gasteiger partial charge in [0.05, 0.1) is 5.56 Å². The quantitative estimate of drug-likeness (QED) is 0.557. The minimum atomic E-state index is -1.52. The lowest BCUT2D eigenvalue weighted by atomic mass is 9.80. The van der Waals surface area contributed by atoms with Gasteiger partial charge >= 0.3 is 7.12 Å². The monoisotopic (exact) mass is 282 g/mol.